The predicted octanol–water partition coefficient (Wildman–Crippen LogP) is 3.62. The number of carbonyl (C=O) groups excluding carboxylic acids is 4. The highest BCUT2D eigenvalue weighted by Crippen LogP contribution is 2.30. The Morgan fingerprint density at radius 3 is 2.16 bits per heavy atom. The molecule has 14 heteroatoms. The number of nitrogens with zero attached hydrogens (tertiary/aromatic N) is 1. The molecule has 2 aromatic rings. The van der Waals surface area contributed by atoms with Gasteiger partial charge in [-0.15, -0.1) is 0 Å². The average Bonchev–Trinajstić information content (AvgIpc) is 3.31. The zero-order valence-corrected chi connectivity index (χ0v) is 26.5. The fraction of sp³-hybridized carbons (Fsp3) is 0.484. The number of nitrogens with one attached hydrogen (secondary N) is 2. The number of rotatable bonds is 11. The highest BCUT2D eigenvalue weighted by molar-refractivity contribution is 7.98. The molecule has 45 heavy (non-hydrogen) atoms. The van der Waals surface area contributed by atoms with Gasteiger partial charge in [-0.1, -0.05) is 12.1 Å². The summed E-state index contributed by atoms with van der Waals surface area (Å²) in [5, 5.41) is 2.49. The lowest BCUT2D eigenvalue weighted by Crippen LogP contribution is -2.63. The zero-order valence-electron chi connectivity index (χ0n) is 25.7. The minimum Gasteiger partial charge on any atom is -0.457 e. The van der Waals surface area contributed by atoms with Crippen molar-refractivity contribution >= 4 is 35.8 Å². The second-order valence-corrected chi connectivity index (χ2v) is 12.6. The predicted molar refractivity (Wildman–Crippen MR) is 167 cm³/mol. The summed E-state index contributed by atoms with van der Waals surface area (Å²) in [5.41, 5.74) is 11.7. The van der Waals surface area contributed by atoms with Crippen LogP contribution < -0.4 is 27.0 Å². The number of hydrogen-bond donors (Lipinski definition) is 4. The summed E-state index contributed by atoms with van der Waals surface area (Å²) in [6, 6.07) is 13.0. The molecule has 13 nitrogen and oxygen atoms in total. The molecule has 5 rings (SSSR count). The van der Waals surface area contributed by atoms with Gasteiger partial charge in [0.2, 0.25) is 0 Å². The second-order valence-electron chi connectivity index (χ2n) is 11.7. The quantitative estimate of drug-likeness (QED) is 0.159. The third kappa shape index (κ3) is 9.25. The van der Waals surface area contributed by atoms with Gasteiger partial charge in [-0.2, -0.15) is 17.2 Å². The molecular weight excluding hydrogens is 602 g/mol. The molecule has 3 heterocycles. The Labute approximate surface area is 266 Å². The van der Waals surface area contributed by atoms with Gasteiger partial charge in [0.15, 0.2) is 5.66 Å². The molecule has 0 spiro atoms. The van der Waals surface area contributed by atoms with Crippen LogP contribution >= 0.6 is 11.8 Å². The number of hydrogen-bond acceptors (Lipinski definition) is 11. The van der Waals surface area contributed by atoms with Gasteiger partial charge in [-0.05, 0) is 106 Å². The first-order valence-corrected chi connectivity index (χ1v) is 16.2. The van der Waals surface area contributed by atoms with E-state index in [0.717, 1.165) is 44.5 Å². The van der Waals surface area contributed by atoms with Gasteiger partial charge >= 0.3 is 18.2 Å². The maximum Gasteiger partial charge on any atom is 0.409 e. The molecule has 6 N–H and O–H groups in total. The van der Waals surface area contributed by atoms with Gasteiger partial charge in [-0.3, -0.25) is 15.8 Å². The number of benzene rings is 2. The Morgan fingerprint density at radius 2 is 1.56 bits per heavy atom. The van der Waals surface area contributed by atoms with Crippen molar-refractivity contribution in [3.63, 3.8) is 0 Å². The monoisotopic (exact) mass is 643 g/mol. The Bertz CT molecular complexity index is 1350. The molecule has 3 amide bonds. The van der Waals surface area contributed by atoms with Crippen LogP contribution in [0.3, 0.4) is 0 Å². The largest absolute Gasteiger partial charge is 0.457 e. The van der Waals surface area contributed by atoms with E-state index in [0.29, 0.717) is 17.3 Å². The van der Waals surface area contributed by atoms with Crippen LogP contribution in [0.25, 0.3) is 0 Å². The molecule has 2 bridgehead atoms. The molecule has 3 fully saturated rings. The van der Waals surface area contributed by atoms with E-state index in [2.05, 4.69) is 15.7 Å². The first-order chi connectivity index (χ1) is 21.4. The molecule has 3 aliphatic rings. The van der Waals surface area contributed by atoms with E-state index in [4.69, 9.17) is 30.5 Å². The summed E-state index contributed by atoms with van der Waals surface area (Å²) < 4.78 is 16.7. The Morgan fingerprint density at radius 1 is 0.956 bits per heavy atom. The second kappa shape index (κ2) is 14.8. The normalized spacial score (nSPS) is 20.6. The number of thioether (sulfide) groups is 1. The lowest BCUT2D eigenvalue weighted by atomic mass is 9.93. The van der Waals surface area contributed by atoms with Crippen molar-refractivity contribution in [3.05, 3.63) is 59.7 Å². The summed E-state index contributed by atoms with van der Waals surface area (Å²) in [6.45, 7) is 6.28. The molecular formula is C31H41N5O8S. The van der Waals surface area contributed by atoms with Crippen molar-refractivity contribution in [2.45, 2.75) is 56.9 Å². The van der Waals surface area contributed by atoms with E-state index in [1.165, 1.54) is 23.9 Å². The number of alkyl carbamates (subject to hydrolysis) is 1. The van der Waals surface area contributed by atoms with E-state index in [-0.39, 0.29) is 24.0 Å². The number of amides is 3. The third-order valence-corrected chi connectivity index (χ3v) is 8.64. The zero-order chi connectivity index (χ0) is 32.6. The highest BCUT2D eigenvalue weighted by Gasteiger charge is 2.40. The Kier molecular flexibility index (Phi) is 11.2. The molecule has 2 aromatic carbocycles. The molecule has 2 atom stereocenters. The summed E-state index contributed by atoms with van der Waals surface area (Å²) in [6.07, 6.45) is 2.63. The number of primary amides is 1. The van der Waals surface area contributed by atoms with Crippen LogP contribution in [-0.2, 0) is 24.7 Å². The topological polar surface area (TPSA) is 185 Å². The first-order valence-electron chi connectivity index (χ1n) is 14.8. The lowest BCUT2D eigenvalue weighted by molar-refractivity contribution is -0.157. The molecule has 244 valence electrons. The molecule has 0 aromatic heterocycles. The third-order valence-electron chi connectivity index (χ3n) is 8.03. The number of nitrogens with two attached hydrogens (primary N) is 2. The van der Waals surface area contributed by atoms with Crippen LogP contribution in [-0.4, -0.2) is 72.4 Å². The molecule has 0 radical (unpaired) electrons. The van der Waals surface area contributed by atoms with Gasteiger partial charge in [0.25, 0.3) is 5.91 Å². The van der Waals surface area contributed by atoms with E-state index >= 15 is 0 Å². The minimum absolute atomic E-state index is 0.0581. The highest BCUT2D eigenvalue weighted by atomic mass is 32.2. The van der Waals surface area contributed by atoms with Crippen LogP contribution in [0.4, 0.5) is 9.59 Å². The van der Waals surface area contributed by atoms with Crippen molar-refractivity contribution in [3.8, 4) is 11.5 Å². The van der Waals surface area contributed by atoms with Crippen molar-refractivity contribution < 1.29 is 38.2 Å². The smallest absolute Gasteiger partial charge is 0.409 e. The van der Waals surface area contributed by atoms with Crippen molar-refractivity contribution in [1.82, 2.24) is 15.7 Å². The number of hydroxylamine groups is 1. The van der Waals surface area contributed by atoms with Crippen molar-refractivity contribution in [2.24, 2.45) is 17.4 Å². The molecule has 3 aliphatic heterocycles. The maximum absolute atomic E-state index is 13.0. The summed E-state index contributed by atoms with van der Waals surface area (Å²) in [7, 11) is 0. The lowest BCUT2D eigenvalue weighted by Gasteiger charge is -2.31. The van der Waals surface area contributed by atoms with E-state index < -0.39 is 35.3 Å². The van der Waals surface area contributed by atoms with Crippen LogP contribution in [0, 0.1) is 5.92 Å². The van der Waals surface area contributed by atoms with Crippen molar-refractivity contribution in [2.75, 3.05) is 31.6 Å². The van der Waals surface area contributed by atoms with Crippen LogP contribution in [0.1, 0.15) is 55.5 Å². The van der Waals surface area contributed by atoms with Crippen LogP contribution in [0.2, 0.25) is 0 Å². The summed E-state index contributed by atoms with van der Waals surface area (Å²) in [5.74, 6) is -0.0384. The SMILES string of the molecule is CSCCC(N)(NC(=O)OC1CCN2CCC1CC2)C(=O)ONC(=O)c1ccc(Oc2ccc(C(C)(C)OC(N)=O)cc2)cc1. The van der Waals surface area contributed by atoms with Crippen LogP contribution in [0.15, 0.2) is 48.5 Å². The molecule has 2 unspecified atom stereocenters. The van der Waals surface area contributed by atoms with Gasteiger partial charge in [-0.25, -0.2) is 14.4 Å². The molecule has 0 saturated carbocycles. The van der Waals surface area contributed by atoms with Crippen molar-refractivity contribution in [1.29, 1.82) is 0 Å². The number of piperidine rings is 1. The number of fused-ring (bicyclic) bond motifs is 4. The Balaban J connectivity index is 1.30. The van der Waals surface area contributed by atoms with Gasteiger partial charge < -0.3 is 29.7 Å². The maximum atomic E-state index is 13.0. The number of ether oxygens (including phenoxy) is 3. The standard InChI is InChI=1S/C31H41N5O8S/c1-30(2,43-28(32)39)22-6-10-24(11-7-22)41-23-8-4-21(5-9-23)26(37)35-44-27(38)31(33,15-19-45-3)34-29(40)42-25-14-18-36-16-12-20(25)13-17-36/h4-11,20,25H,12-19,33H2,1-3H3,(H2,32,39)(H,34,40)(H,35,37). The molecule has 3 saturated heterocycles. The fourth-order valence-corrected chi connectivity index (χ4v) is 5.89. The van der Waals surface area contributed by atoms with E-state index in [1.807, 2.05) is 6.26 Å². The summed E-state index contributed by atoms with van der Waals surface area (Å²) >= 11 is 1.44. The minimum atomic E-state index is -1.91. The Hall–Kier alpha value is -4.01. The summed E-state index contributed by atoms with van der Waals surface area (Å²) in [4.78, 5) is 57.1. The average molecular weight is 644 g/mol. The fourth-order valence-electron chi connectivity index (χ4n) is 5.36. The number of carbonyl (C=O) groups is 4. The first kappa shape index (κ1) is 33.9. The van der Waals surface area contributed by atoms with E-state index in [1.54, 1.807) is 50.2 Å². The molecule has 0 aliphatic carbocycles. The van der Waals surface area contributed by atoms with Gasteiger partial charge in [0.1, 0.15) is 23.2 Å². The van der Waals surface area contributed by atoms with Crippen LogP contribution in [0.5, 0.6) is 11.5 Å². The van der Waals surface area contributed by atoms with Gasteiger partial charge in [0, 0.05) is 18.5 Å². The van der Waals surface area contributed by atoms with E-state index in [9.17, 15) is 19.2 Å². The van der Waals surface area contributed by atoms with Gasteiger partial charge in [0.05, 0.1) is 0 Å².